The Balaban J connectivity index is 1.43. The van der Waals surface area contributed by atoms with E-state index in [4.69, 9.17) is 14.7 Å². The number of piperidine rings is 1. The van der Waals surface area contributed by atoms with Crippen molar-refractivity contribution in [2.45, 2.75) is 38.3 Å². The molecule has 170 valence electrons. The molecule has 0 bridgehead atoms. The first kappa shape index (κ1) is 21.2. The third-order valence-electron chi connectivity index (χ3n) is 6.72. The van der Waals surface area contributed by atoms with Crippen molar-refractivity contribution >= 4 is 17.4 Å². The van der Waals surface area contributed by atoms with Gasteiger partial charge >= 0.3 is 0 Å². The van der Waals surface area contributed by atoms with Crippen LogP contribution in [0.25, 0.3) is 0 Å². The normalized spacial score (nSPS) is 21.2. The van der Waals surface area contributed by atoms with E-state index in [1.807, 2.05) is 30.1 Å². The first-order chi connectivity index (χ1) is 15.7. The highest BCUT2D eigenvalue weighted by Gasteiger charge is 2.32. The number of ether oxygens (including phenoxy) is 1. The van der Waals surface area contributed by atoms with Gasteiger partial charge in [0.25, 0.3) is 5.91 Å². The smallest absolute Gasteiger partial charge is 0.254 e. The molecule has 3 aliphatic heterocycles. The second-order valence-electron chi connectivity index (χ2n) is 8.69. The number of aromatic nitrogens is 2. The number of rotatable bonds is 4. The maximum Gasteiger partial charge on any atom is 0.254 e. The van der Waals surface area contributed by atoms with Crippen molar-refractivity contribution in [3.63, 3.8) is 0 Å². The number of carbonyl (C=O) groups is 1. The minimum atomic E-state index is -0.0874. The Hall–Kier alpha value is -2.71. The van der Waals surface area contributed by atoms with Crippen LogP contribution in [-0.4, -0.2) is 67.2 Å². The van der Waals surface area contributed by atoms with Crippen molar-refractivity contribution in [1.29, 1.82) is 0 Å². The lowest BCUT2D eigenvalue weighted by Crippen LogP contribution is -2.40. The van der Waals surface area contributed by atoms with E-state index < -0.39 is 0 Å². The van der Waals surface area contributed by atoms with E-state index in [2.05, 4.69) is 21.6 Å². The summed E-state index contributed by atoms with van der Waals surface area (Å²) in [6.45, 7) is 5.61. The van der Waals surface area contributed by atoms with Crippen molar-refractivity contribution in [2.75, 3.05) is 56.7 Å². The number of nitrogens with zero attached hydrogens (tertiary/aromatic N) is 4. The predicted octanol–water partition coefficient (Wildman–Crippen LogP) is 2.37. The van der Waals surface area contributed by atoms with Crippen LogP contribution in [0.15, 0.2) is 24.3 Å². The van der Waals surface area contributed by atoms with Gasteiger partial charge in [0.15, 0.2) is 5.82 Å². The van der Waals surface area contributed by atoms with E-state index in [9.17, 15) is 4.79 Å². The number of anilines is 2. The molecule has 5 rings (SSSR count). The Morgan fingerprint density at radius 1 is 1.19 bits per heavy atom. The van der Waals surface area contributed by atoms with Crippen molar-refractivity contribution in [3.8, 4) is 0 Å². The summed E-state index contributed by atoms with van der Waals surface area (Å²) in [5.74, 6) is 1.72. The first-order valence-electron chi connectivity index (χ1n) is 11.8. The highest BCUT2D eigenvalue weighted by Crippen LogP contribution is 2.33. The summed E-state index contributed by atoms with van der Waals surface area (Å²) in [5.41, 5.74) is 4.07. The van der Waals surface area contributed by atoms with Crippen molar-refractivity contribution in [3.05, 3.63) is 46.9 Å². The second-order valence-corrected chi connectivity index (χ2v) is 8.69. The summed E-state index contributed by atoms with van der Waals surface area (Å²) in [4.78, 5) is 27.8. The Kier molecular flexibility index (Phi) is 6.23. The number of hydrogen-bond acceptors (Lipinski definition) is 7. The van der Waals surface area contributed by atoms with Crippen LogP contribution in [0.2, 0.25) is 0 Å². The molecule has 32 heavy (non-hydrogen) atoms. The SMILES string of the molecule is CNc1nc(C2CCCCN2C(=O)c2cccc(N3CCOCC3)c2)nc2c1CNCC2. The lowest BCUT2D eigenvalue weighted by atomic mass is 9.99. The predicted molar refractivity (Wildman–Crippen MR) is 124 cm³/mol. The zero-order chi connectivity index (χ0) is 21.9. The van der Waals surface area contributed by atoms with E-state index in [1.54, 1.807) is 0 Å². The number of likely N-dealkylation sites (tertiary alicyclic amines) is 1. The van der Waals surface area contributed by atoms with Crippen molar-refractivity contribution in [1.82, 2.24) is 20.2 Å². The van der Waals surface area contributed by atoms with Crippen molar-refractivity contribution in [2.24, 2.45) is 0 Å². The van der Waals surface area contributed by atoms with Gasteiger partial charge in [0, 0.05) is 63.0 Å². The number of benzene rings is 1. The average Bonchev–Trinajstić information content (AvgIpc) is 2.88. The minimum absolute atomic E-state index is 0.0683. The number of amides is 1. The van der Waals surface area contributed by atoms with Crippen LogP contribution in [-0.2, 0) is 17.7 Å². The van der Waals surface area contributed by atoms with Gasteiger partial charge in [-0.1, -0.05) is 6.07 Å². The molecular weight excluding hydrogens is 404 g/mol. The summed E-state index contributed by atoms with van der Waals surface area (Å²) in [5, 5.41) is 6.64. The summed E-state index contributed by atoms with van der Waals surface area (Å²) in [6.07, 6.45) is 3.88. The third-order valence-corrected chi connectivity index (χ3v) is 6.72. The molecule has 8 nitrogen and oxygen atoms in total. The topological polar surface area (TPSA) is 82.6 Å². The van der Waals surface area contributed by atoms with Crippen LogP contribution < -0.4 is 15.5 Å². The average molecular weight is 437 g/mol. The molecular formula is C24H32N6O2. The molecule has 4 heterocycles. The van der Waals surface area contributed by atoms with Gasteiger partial charge in [0.2, 0.25) is 0 Å². The van der Waals surface area contributed by atoms with Crippen LogP contribution >= 0.6 is 0 Å². The molecule has 2 saturated heterocycles. The molecule has 0 saturated carbocycles. The van der Waals surface area contributed by atoms with Gasteiger partial charge in [-0.3, -0.25) is 4.79 Å². The van der Waals surface area contributed by atoms with E-state index >= 15 is 0 Å². The Labute approximate surface area is 189 Å². The van der Waals surface area contributed by atoms with Gasteiger partial charge in [0.05, 0.1) is 24.9 Å². The molecule has 0 spiro atoms. The summed E-state index contributed by atoms with van der Waals surface area (Å²) >= 11 is 0. The Morgan fingerprint density at radius 3 is 2.91 bits per heavy atom. The lowest BCUT2D eigenvalue weighted by molar-refractivity contribution is 0.0599. The second kappa shape index (κ2) is 9.42. The molecule has 1 amide bonds. The van der Waals surface area contributed by atoms with Gasteiger partial charge in [-0.15, -0.1) is 0 Å². The van der Waals surface area contributed by atoms with Crippen LogP contribution in [0.5, 0.6) is 0 Å². The van der Waals surface area contributed by atoms with Gasteiger partial charge in [-0.2, -0.15) is 0 Å². The molecule has 0 aliphatic carbocycles. The molecule has 1 unspecified atom stereocenters. The quantitative estimate of drug-likeness (QED) is 0.761. The fraction of sp³-hybridized carbons (Fsp3) is 0.542. The summed E-state index contributed by atoms with van der Waals surface area (Å²) in [7, 11) is 1.90. The van der Waals surface area contributed by atoms with E-state index in [-0.39, 0.29) is 11.9 Å². The number of carbonyl (C=O) groups excluding carboxylic acids is 1. The fourth-order valence-electron chi connectivity index (χ4n) is 4.98. The van der Waals surface area contributed by atoms with Crippen LogP contribution in [0.3, 0.4) is 0 Å². The zero-order valence-corrected chi connectivity index (χ0v) is 18.8. The van der Waals surface area contributed by atoms with Crippen LogP contribution in [0.1, 0.15) is 52.7 Å². The Bertz CT molecular complexity index is 958. The summed E-state index contributed by atoms with van der Waals surface area (Å²) in [6, 6.07) is 7.93. The fourth-order valence-corrected chi connectivity index (χ4v) is 4.98. The lowest BCUT2D eigenvalue weighted by Gasteiger charge is -2.36. The zero-order valence-electron chi connectivity index (χ0n) is 18.8. The molecule has 1 atom stereocenters. The maximum atomic E-state index is 13.7. The Morgan fingerprint density at radius 2 is 2.06 bits per heavy atom. The van der Waals surface area contributed by atoms with Gasteiger partial charge in [0.1, 0.15) is 5.82 Å². The van der Waals surface area contributed by atoms with Gasteiger partial charge in [-0.25, -0.2) is 9.97 Å². The van der Waals surface area contributed by atoms with Gasteiger partial charge < -0.3 is 25.2 Å². The highest BCUT2D eigenvalue weighted by molar-refractivity contribution is 5.95. The number of morpholine rings is 1. The van der Waals surface area contributed by atoms with Crippen molar-refractivity contribution < 1.29 is 9.53 Å². The monoisotopic (exact) mass is 436 g/mol. The van der Waals surface area contributed by atoms with E-state index in [0.29, 0.717) is 0 Å². The molecule has 3 aliphatic rings. The standard InChI is InChI=1S/C24H32N6O2/c1-25-22-19-16-26-9-8-20(19)27-23(28-22)21-7-2-3-10-30(21)24(31)17-5-4-6-18(15-17)29-11-13-32-14-12-29/h4-6,15,21,26H,2-3,7-14,16H2,1H3,(H,25,27,28). The molecule has 0 radical (unpaired) electrons. The number of fused-ring (bicyclic) bond motifs is 1. The largest absolute Gasteiger partial charge is 0.378 e. The number of hydrogen-bond donors (Lipinski definition) is 2. The minimum Gasteiger partial charge on any atom is -0.378 e. The van der Waals surface area contributed by atoms with Crippen LogP contribution in [0.4, 0.5) is 11.5 Å². The molecule has 2 fully saturated rings. The van der Waals surface area contributed by atoms with Gasteiger partial charge in [-0.05, 0) is 37.5 Å². The van der Waals surface area contributed by atoms with E-state index in [0.717, 1.165) is 106 Å². The summed E-state index contributed by atoms with van der Waals surface area (Å²) < 4.78 is 5.48. The third kappa shape index (κ3) is 4.17. The molecule has 1 aromatic heterocycles. The maximum absolute atomic E-state index is 13.7. The van der Waals surface area contributed by atoms with Crippen LogP contribution in [0, 0.1) is 0 Å². The number of nitrogens with one attached hydrogen (secondary N) is 2. The first-order valence-corrected chi connectivity index (χ1v) is 11.8. The molecule has 2 N–H and O–H groups in total. The molecule has 1 aromatic carbocycles. The molecule has 2 aromatic rings. The highest BCUT2D eigenvalue weighted by atomic mass is 16.5. The molecule has 8 heteroatoms. The van der Waals surface area contributed by atoms with E-state index in [1.165, 1.54) is 0 Å².